The number of halogens is 2. The Morgan fingerprint density at radius 3 is 2.75 bits per heavy atom. The molecule has 2 atom stereocenters. The second-order valence-corrected chi connectivity index (χ2v) is 9.15. The number of anilines is 4. The van der Waals surface area contributed by atoms with Gasteiger partial charge in [0.05, 0.1) is 43.0 Å². The van der Waals surface area contributed by atoms with Crippen LogP contribution in [-0.2, 0) is 4.74 Å². The van der Waals surface area contributed by atoms with E-state index in [0.717, 1.165) is 31.3 Å². The van der Waals surface area contributed by atoms with Crippen LogP contribution >= 0.6 is 0 Å². The summed E-state index contributed by atoms with van der Waals surface area (Å²) in [5.74, 6) is -0.318. The van der Waals surface area contributed by atoms with E-state index in [2.05, 4.69) is 43.9 Å². The first-order chi connectivity index (χ1) is 17.4. The second-order valence-electron chi connectivity index (χ2n) is 9.15. The molecule has 2 aliphatic heterocycles. The Morgan fingerprint density at radius 1 is 1.17 bits per heavy atom. The van der Waals surface area contributed by atoms with Crippen LogP contribution in [0.25, 0.3) is 11.3 Å². The molecule has 0 radical (unpaired) electrons. The Morgan fingerprint density at radius 2 is 2.03 bits per heavy atom. The fraction of sp³-hybridized carbons (Fsp3) is 0.423. The summed E-state index contributed by atoms with van der Waals surface area (Å²) in [7, 11) is 2.02. The lowest BCUT2D eigenvalue weighted by Gasteiger charge is -2.36. The Labute approximate surface area is 209 Å². The van der Waals surface area contributed by atoms with Crippen molar-refractivity contribution in [2.45, 2.75) is 38.8 Å². The number of ether oxygens (including phenoxy) is 2. The highest BCUT2D eigenvalue weighted by molar-refractivity contribution is 5.73. The predicted octanol–water partition coefficient (Wildman–Crippen LogP) is 4.78. The van der Waals surface area contributed by atoms with Crippen LogP contribution in [0.15, 0.2) is 36.7 Å². The van der Waals surface area contributed by atoms with Gasteiger partial charge in [0.1, 0.15) is 18.1 Å². The number of hydrogen-bond donors (Lipinski definition) is 1. The van der Waals surface area contributed by atoms with Crippen molar-refractivity contribution in [3.63, 3.8) is 0 Å². The molecule has 1 N–H and O–H groups in total. The number of fused-ring (bicyclic) bond motifs is 1. The van der Waals surface area contributed by atoms with Crippen LogP contribution in [0.1, 0.15) is 26.7 Å². The number of hydrogen-bond acceptors (Lipinski definition) is 8. The lowest BCUT2D eigenvalue weighted by Crippen LogP contribution is -2.39. The van der Waals surface area contributed by atoms with E-state index < -0.39 is 11.6 Å². The average Bonchev–Trinajstić information content (AvgIpc) is 3.44. The zero-order valence-electron chi connectivity index (χ0n) is 20.7. The number of rotatable bonds is 7. The van der Waals surface area contributed by atoms with Crippen LogP contribution in [0.3, 0.4) is 0 Å². The molecule has 3 aromatic rings. The number of likely N-dealkylation sites (N-methyl/N-ethyl adjacent to an activating group) is 1. The van der Waals surface area contributed by atoms with Crippen LogP contribution in [0.2, 0.25) is 0 Å². The molecule has 190 valence electrons. The monoisotopic (exact) mass is 496 g/mol. The van der Waals surface area contributed by atoms with Crippen molar-refractivity contribution in [3.8, 4) is 17.0 Å². The highest BCUT2D eigenvalue weighted by atomic mass is 19.1. The fourth-order valence-electron chi connectivity index (χ4n) is 4.57. The fourth-order valence-corrected chi connectivity index (χ4v) is 4.57. The van der Waals surface area contributed by atoms with Crippen molar-refractivity contribution in [2.75, 3.05) is 48.5 Å². The molecule has 1 saturated heterocycles. The SMILES string of the molecule is CCC(C)N1CCOc2c(F)cc(-c3nc(Nc4ccc(N(C)C5CCOC5)cn4)ncc3F)cc21. The number of aromatic nitrogens is 3. The minimum absolute atomic E-state index is 0.00135. The van der Waals surface area contributed by atoms with E-state index in [1.807, 2.05) is 19.2 Å². The quantitative estimate of drug-likeness (QED) is 0.501. The maximum Gasteiger partial charge on any atom is 0.229 e. The zero-order valence-corrected chi connectivity index (χ0v) is 20.7. The van der Waals surface area contributed by atoms with Gasteiger partial charge >= 0.3 is 0 Å². The van der Waals surface area contributed by atoms with Crippen molar-refractivity contribution < 1.29 is 18.3 Å². The van der Waals surface area contributed by atoms with Crippen molar-refractivity contribution in [2.24, 2.45) is 0 Å². The standard InChI is InChI=1S/C26H30F2N6O2/c1-4-16(2)34-8-10-36-25-20(27)11-17(12-22(25)34)24-21(28)14-30-26(32-24)31-23-6-5-18(13-29-23)33(3)19-7-9-35-15-19/h5-6,11-14,16,19H,4,7-10,15H2,1-3H3,(H,29,30,31,32). The molecule has 2 aliphatic rings. The average molecular weight is 497 g/mol. The molecule has 5 rings (SSSR count). The van der Waals surface area contributed by atoms with Crippen LogP contribution < -0.4 is 19.9 Å². The topological polar surface area (TPSA) is 75.6 Å². The van der Waals surface area contributed by atoms with E-state index in [-0.39, 0.29) is 23.4 Å². The van der Waals surface area contributed by atoms with Gasteiger partial charge in [-0.15, -0.1) is 0 Å². The first kappa shape index (κ1) is 24.2. The van der Waals surface area contributed by atoms with Gasteiger partial charge in [0.2, 0.25) is 5.95 Å². The van der Waals surface area contributed by atoms with E-state index in [9.17, 15) is 8.78 Å². The molecule has 0 aliphatic carbocycles. The minimum atomic E-state index is -0.643. The van der Waals surface area contributed by atoms with Gasteiger partial charge in [-0.25, -0.2) is 23.7 Å². The number of nitrogens with zero attached hydrogens (tertiary/aromatic N) is 5. The van der Waals surface area contributed by atoms with E-state index >= 15 is 0 Å². The molecular weight excluding hydrogens is 466 g/mol. The van der Waals surface area contributed by atoms with E-state index in [4.69, 9.17) is 9.47 Å². The van der Waals surface area contributed by atoms with Crippen molar-refractivity contribution in [1.82, 2.24) is 15.0 Å². The maximum atomic E-state index is 15.0. The molecule has 8 nitrogen and oxygen atoms in total. The normalized spacial score (nSPS) is 17.9. The first-order valence-electron chi connectivity index (χ1n) is 12.2. The van der Waals surface area contributed by atoms with Gasteiger partial charge in [-0.3, -0.25) is 0 Å². The van der Waals surface area contributed by atoms with E-state index in [1.165, 1.54) is 6.07 Å². The van der Waals surface area contributed by atoms with Crippen LogP contribution in [0.5, 0.6) is 5.75 Å². The molecule has 2 aromatic heterocycles. The summed E-state index contributed by atoms with van der Waals surface area (Å²) >= 11 is 0. The lowest BCUT2D eigenvalue weighted by molar-refractivity contribution is 0.193. The van der Waals surface area contributed by atoms with Gasteiger partial charge in [-0.2, -0.15) is 0 Å². The number of pyridine rings is 1. The van der Waals surface area contributed by atoms with Gasteiger partial charge in [0.25, 0.3) is 0 Å². The third-order valence-corrected chi connectivity index (χ3v) is 6.90. The summed E-state index contributed by atoms with van der Waals surface area (Å²) in [4.78, 5) is 17.1. The van der Waals surface area contributed by atoms with Gasteiger partial charge in [-0.05, 0) is 44.0 Å². The zero-order chi connectivity index (χ0) is 25.2. The number of nitrogens with one attached hydrogen (secondary N) is 1. The van der Waals surface area contributed by atoms with E-state index in [0.29, 0.717) is 42.9 Å². The molecule has 0 amide bonds. The van der Waals surface area contributed by atoms with Gasteiger partial charge in [0, 0.05) is 25.3 Å². The summed E-state index contributed by atoms with van der Waals surface area (Å²) in [6, 6.07) is 7.25. The third-order valence-electron chi connectivity index (χ3n) is 6.90. The molecule has 0 spiro atoms. The van der Waals surface area contributed by atoms with Crippen molar-refractivity contribution in [3.05, 3.63) is 48.3 Å². The lowest BCUT2D eigenvalue weighted by atomic mass is 10.1. The molecule has 1 fully saturated rings. The van der Waals surface area contributed by atoms with Gasteiger partial charge < -0.3 is 24.6 Å². The van der Waals surface area contributed by atoms with Crippen LogP contribution in [0.4, 0.5) is 31.9 Å². The summed E-state index contributed by atoms with van der Waals surface area (Å²) in [6.07, 6.45) is 4.70. The molecule has 4 heterocycles. The number of benzene rings is 1. The third kappa shape index (κ3) is 4.77. The Bertz CT molecular complexity index is 1220. The molecule has 2 unspecified atom stereocenters. The highest BCUT2D eigenvalue weighted by Crippen LogP contribution is 2.39. The smallest absolute Gasteiger partial charge is 0.229 e. The van der Waals surface area contributed by atoms with Crippen molar-refractivity contribution >= 4 is 23.1 Å². The molecular formula is C26H30F2N6O2. The Hall–Kier alpha value is -3.53. The van der Waals surface area contributed by atoms with Gasteiger partial charge in [0.15, 0.2) is 17.4 Å². The summed E-state index contributed by atoms with van der Waals surface area (Å²) in [6.45, 7) is 6.65. The summed E-state index contributed by atoms with van der Waals surface area (Å²) < 4.78 is 40.9. The van der Waals surface area contributed by atoms with Crippen molar-refractivity contribution in [1.29, 1.82) is 0 Å². The molecule has 36 heavy (non-hydrogen) atoms. The maximum absolute atomic E-state index is 15.0. The Balaban J connectivity index is 1.40. The molecule has 10 heteroatoms. The summed E-state index contributed by atoms with van der Waals surface area (Å²) in [5, 5.41) is 3.02. The summed E-state index contributed by atoms with van der Waals surface area (Å²) in [5.41, 5.74) is 1.89. The molecule has 0 saturated carbocycles. The molecule has 1 aromatic carbocycles. The van der Waals surface area contributed by atoms with Gasteiger partial charge in [-0.1, -0.05) is 6.92 Å². The Kier molecular flexibility index (Phi) is 6.86. The van der Waals surface area contributed by atoms with E-state index in [1.54, 1.807) is 12.3 Å². The highest BCUT2D eigenvalue weighted by Gasteiger charge is 2.27. The largest absolute Gasteiger partial charge is 0.486 e. The minimum Gasteiger partial charge on any atom is -0.486 e. The first-order valence-corrected chi connectivity index (χ1v) is 12.2. The predicted molar refractivity (Wildman–Crippen MR) is 135 cm³/mol. The van der Waals surface area contributed by atoms with Crippen LogP contribution in [0, 0.1) is 11.6 Å². The van der Waals surface area contributed by atoms with Crippen LogP contribution in [-0.4, -0.2) is 60.4 Å². The second kappa shape index (κ2) is 10.2. The molecule has 0 bridgehead atoms.